The molecule has 0 aliphatic rings. The van der Waals surface area contributed by atoms with Crippen LogP contribution in [0.4, 0.5) is 5.69 Å². The second-order valence-corrected chi connectivity index (χ2v) is 6.70. The lowest BCUT2D eigenvalue weighted by atomic mass is 10.1. The standard InChI is InChI=1S/C22H21N3O2S/c1-15-4-3-5-19(20(15)27-2)21(26)25-22(28)24-18-8-6-16(7-9-18)14-17-10-12-23-13-11-17/h3-13H,14H2,1-2H3,(H2,24,25,26,28). The van der Waals surface area contributed by atoms with Crippen LogP contribution in [0.15, 0.2) is 67.0 Å². The zero-order chi connectivity index (χ0) is 19.9. The molecule has 0 atom stereocenters. The Morgan fingerprint density at radius 2 is 1.71 bits per heavy atom. The van der Waals surface area contributed by atoms with E-state index in [1.54, 1.807) is 25.6 Å². The number of carbonyl (C=O) groups is 1. The molecule has 0 saturated carbocycles. The number of hydrogen-bond donors (Lipinski definition) is 2. The van der Waals surface area contributed by atoms with E-state index in [-0.39, 0.29) is 11.0 Å². The van der Waals surface area contributed by atoms with E-state index in [4.69, 9.17) is 17.0 Å². The molecule has 5 nitrogen and oxygen atoms in total. The number of para-hydroxylation sites is 1. The largest absolute Gasteiger partial charge is 0.496 e. The fourth-order valence-electron chi connectivity index (χ4n) is 2.88. The van der Waals surface area contributed by atoms with Crippen molar-refractivity contribution in [1.82, 2.24) is 10.3 Å². The summed E-state index contributed by atoms with van der Waals surface area (Å²) in [5, 5.41) is 5.96. The van der Waals surface area contributed by atoms with Gasteiger partial charge < -0.3 is 10.1 Å². The number of carbonyl (C=O) groups excluding carboxylic acids is 1. The summed E-state index contributed by atoms with van der Waals surface area (Å²) in [5.74, 6) is 0.232. The first kappa shape index (κ1) is 19.5. The molecule has 0 spiro atoms. The number of aryl methyl sites for hydroxylation is 1. The Morgan fingerprint density at radius 1 is 1.04 bits per heavy atom. The molecule has 0 aliphatic heterocycles. The lowest BCUT2D eigenvalue weighted by molar-refractivity contribution is 0.0974. The maximum atomic E-state index is 12.5. The minimum absolute atomic E-state index is 0.232. The molecule has 3 aromatic rings. The molecule has 6 heteroatoms. The maximum Gasteiger partial charge on any atom is 0.261 e. The molecule has 0 fully saturated rings. The van der Waals surface area contributed by atoms with Gasteiger partial charge in [0, 0.05) is 18.1 Å². The molecule has 28 heavy (non-hydrogen) atoms. The predicted octanol–water partition coefficient (Wildman–Crippen LogP) is 4.12. The minimum Gasteiger partial charge on any atom is -0.496 e. The summed E-state index contributed by atoms with van der Waals surface area (Å²) in [5.41, 5.74) is 4.51. The number of aromatic nitrogens is 1. The highest BCUT2D eigenvalue weighted by molar-refractivity contribution is 7.80. The molecule has 2 aromatic carbocycles. The third kappa shape index (κ3) is 4.92. The number of benzene rings is 2. The first-order valence-corrected chi connectivity index (χ1v) is 9.21. The Balaban J connectivity index is 1.60. The van der Waals surface area contributed by atoms with Crippen LogP contribution in [-0.2, 0) is 6.42 Å². The second-order valence-electron chi connectivity index (χ2n) is 6.29. The van der Waals surface area contributed by atoms with Crippen molar-refractivity contribution in [3.8, 4) is 5.75 Å². The minimum atomic E-state index is -0.313. The number of thiocarbonyl (C=S) groups is 1. The van der Waals surface area contributed by atoms with Gasteiger partial charge in [-0.05, 0) is 72.6 Å². The van der Waals surface area contributed by atoms with E-state index < -0.39 is 0 Å². The van der Waals surface area contributed by atoms with E-state index in [1.165, 1.54) is 11.1 Å². The maximum absolute atomic E-state index is 12.5. The second kappa shape index (κ2) is 9.10. The number of nitrogens with one attached hydrogen (secondary N) is 2. The van der Waals surface area contributed by atoms with E-state index >= 15 is 0 Å². The Labute approximate surface area is 169 Å². The van der Waals surface area contributed by atoms with Gasteiger partial charge in [-0.1, -0.05) is 24.3 Å². The quantitative estimate of drug-likeness (QED) is 0.641. The van der Waals surface area contributed by atoms with Gasteiger partial charge in [-0.3, -0.25) is 15.1 Å². The van der Waals surface area contributed by atoms with Gasteiger partial charge in [-0.25, -0.2) is 0 Å². The number of pyridine rings is 1. The van der Waals surface area contributed by atoms with Crippen LogP contribution in [0, 0.1) is 6.92 Å². The molecule has 1 aromatic heterocycles. The van der Waals surface area contributed by atoms with Crippen LogP contribution in [0.5, 0.6) is 5.75 Å². The molecule has 1 heterocycles. The Morgan fingerprint density at radius 3 is 2.39 bits per heavy atom. The summed E-state index contributed by atoms with van der Waals surface area (Å²) in [6, 6.07) is 17.3. The smallest absolute Gasteiger partial charge is 0.261 e. The summed E-state index contributed by atoms with van der Waals surface area (Å²) >= 11 is 5.27. The van der Waals surface area contributed by atoms with Crippen molar-refractivity contribution in [2.75, 3.05) is 12.4 Å². The third-order valence-corrected chi connectivity index (χ3v) is 4.46. The molecule has 0 saturated heterocycles. The molecule has 2 N–H and O–H groups in total. The van der Waals surface area contributed by atoms with Gasteiger partial charge in [-0.15, -0.1) is 0 Å². The normalized spacial score (nSPS) is 10.2. The fourth-order valence-corrected chi connectivity index (χ4v) is 3.09. The van der Waals surface area contributed by atoms with E-state index in [2.05, 4.69) is 15.6 Å². The summed E-state index contributed by atoms with van der Waals surface area (Å²) < 4.78 is 5.33. The number of nitrogens with zero attached hydrogens (tertiary/aromatic N) is 1. The summed E-state index contributed by atoms with van der Waals surface area (Å²) in [7, 11) is 1.54. The number of methoxy groups -OCH3 is 1. The average molecular weight is 391 g/mol. The van der Waals surface area contributed by atoms with Gasteiger partial charge in [0.05, 0.1) is 12.7 Å². The number of anilines is 1. The van der Waals surface area contributed by atoms with Gasteiger partial charge in [0.2, 0.25) is 0 Å². The fraction of sp³-hybridized carbons (Fsp3) is 0.136. The van der Waals surface area contributed by atoms with Crippen LogP contribution < -0.4 is 15.4 Å². The van der Waals surface area contributed by atoms with Crippen molar-refractivity contribution in [2.45, 2.75) is 13.3 Å². The van der Waals surface area contributed by atoms with Crippen LogP contribution >= 0.6 is 12.2 Å². The Bertz CT molecular complexity index is 973. The van der Waals surface area contributed by atoms with E-state index in [9.17, 15) is 4.79 Å². The molecule has 0 unspecified atom stereocenters. The molecule has 1 amide bonds. The first-order chi connectivity index (χ1) is 13.6. The molecule has 0 aliphatic carbocycles. The van der Waals surface area contributed by atoms with Crippen molar-refractivity contribution >= 4 is 28.9 Å². The number of rotatable bonds is 5. The molecular formula is C22H21N3O2S. The lowest BCUT2D eigenvalue weighted by Crippen LogP contribution is -2.34. The van der Waals surface area contributed by atoms with E-state index in [0.717, 1.165) is 17.7 Å². The Hall–Kier alpha value is -3.25. The van der Waals surface area contributed by atoms with Crippen LogP contribution in [0.1, 0.15) is 27.0 Å². The van der Waals surface area contributed by atoms with Gasteiger partial charge in [0.25, 0.3) is 5.91 Å². The van der Waals surface area contributed by atoms with Gasteiger partial charge in [0.1, 0.15) is 5.75 Å². The molecule has 0 bridgehead atoms. The van der Waals surface area contributed by atoms with Crippen molar-refractivity contribution in [1.29, 1.82) is 0 Å². The summed E-state index contributed by atoms with van der Waals surface area (Å²) in [6.45, 7) is 1.89. The van der Waals surface area contributed by atoms with Crippen LogP contribution in [0.25, 0.3) is 0 Å². The summed E-state index contributed by atoms with van der Waals surface area (Å²) in [6.07, 6.45) is 4.41. The van der Waals surface area contributed by atoms with Gasteiger partial charge >= 0.3 is 0 Å². The van der Waals surface area contributed by atoms with Crippen LogP contribution in [-0.4, -0.2) is 23.1 Å². The van der Waals surface area contributed by atoms with E-state index in [1.807, 2.05) is 55.5 Å². The first-order valence-electron chi connectivity index (χ1n) is 8.80. The molecular weight excluding hydrogens is 370 g/mol. The lowest BCUT2D eigenvalue weighted by Gasteiger charge is -2.13. The van der Waals surface area contributed by atoms with Gasteiger partial charge in [0.15, 0.2) is 5.11 Å². The molecule has 0 radical (unpaired) electrons. The van der Waals surface area contributed by atoms with Crippen molar-refractivity contribution in [3.05, 3.63) is 89.2 Å². The number of ether oxygens (including phenoxy) is 1. The van der Waals surface area contributed by atoms with Crippen molar-refractivity contribution in [2.24, 2.45) is 0 Å². The van der Waals surface area contributed by atoms with Crippen LogP contribution in [0.2, 0.25) is 0 Å². The number of hydrogen-bond acceptors (Lipinski definition) is 4. The number of amides is 1. The highest BCUT2D eigenvalue weighted by atomic mass is 32.1. The monoisotopic (exact) mass is 391 g/mol. The van der Waals surface area contributed by atoms with Crippen molar-refractivity contribution < 1.29 is 9.53 Å². The van der Waals surface area contributed by atoms with Gasteiger partial charge in [-0.2, -0.15) is 0 Å². The predicted molar refractivity (Wildman–Crippen MR) is 115 cm³/mol. The van der Waals surface area contributed by atoms with E-state index in [0.29, 0.717) is 11.3 Å². The highest BCUT2D eigenvalue weighted by Gasteiger charge is 2.15. The zero-order valence-corrected chi connectivity index (χ0v) is 16.5. The van der Waals surface area contributed by atoms with Crippen LogP contribution in [0.3, 0.4) is 0 Å². The van der Waals surface area contributed by atoms with Crippen molar-refractivity contribution in [3.63, 3.8) is 0 Å². The summed E-state index contributed by atoms with van der Waals surface area (Å²) in [4.78, 5) is 16.5. The molecule has 142 valence electrons. The third-order valence-electron chi connectivity index (χ3n) is 4.26. The average Bonchev–Trinajstić information content (AvgIpc) is 2.70. The highest BCUT2D eigenvalue weighted by Crippen LogP contribution is 2.22. The zero-order valence-electron chi connectivity index (χ0n) is 15.7. The Kier molecular flexibility index (Phi) is 6.34. The SMILES string of the molecule is COc1c(C)cccc1C(=O)NC(=S)Nc1ccc(Cc2ccncc2)cc1. The molecule has 3 rings (SSSR count). The topological polar surface area (TPSA) is 63.2 Å².